The van der Waals surface area contributed by atoms with Gasteiger partial charge in [-0.25, -0.2) is 0 Å². The molecule has 0 bridgehead atoms. The Hall–Kier alpha value is -1.12. The Morgan fingerprint density at radius 2 is 2.24 bits per heavy atom. The smallest absolute Gasteiger partial charge is 0.0724 e. The lowest BCUT2D eigenvalue weighted by molar-refractivity contribution is 0.212. The lowest BCUT2D eigenvalue weighted by atomic mass is 10.1. The van der Waals surface area contributed by atoms with Crippen LogP contribution in [-0.2, 0) is 6.42 Å². The van der Waals surface area contributed by atoms with Gasteiger partial charge in [0.2, 0.25) is 0 Å². The van der Waals surface area contributed by atoms with Crippen molar-refractivity contribution in [3.05, 3.63) is 41.5 Å². The second kappa shape index (κ2) is 8.04. The van der Waals surface area contributed by atoms with E-state index in [-0.39, 0.29) is 6.10 Å². The molecule has 0 amide bonds. The van der Waals surface area contributed by atoms with Crippen LogP contribution in [-0.4, -0.2) is 17.8 Å². The standard InChI is InChI=1S/C15H23NO/c1-2-5-15(17)10-9-14-7-3-6-13(12-14)8-4-11-16/h3,6-7,9-10,12,15,17H,2,4-5,8,11,16H2,1H3. The fourth-order valence-electron chi connectivity index (χ4n) is 1.77. The Morgan fingerprint density at radius 1 is 1.41 bits per heavy atom. The molecule has 0 radical (unpaired) electrons. The van der Waals surface area contributed by atoms with Crippen molar-refractivity contribution in [2.75, 3.05) is 6.54 Å². The Bertz CT molecular complexity index is 347. The van der Waals surface area contributed by atoms with Crippen LogP contribution in [0.3, 0.4) is 0 Å². The van der Waals surface area contributed by atoms with Crippen LogP contribution in [0.4, 0.5) is 0 Å². The van der Waals surface area contributed by atoms with Gasteiger partial charge in [0.25, 0.3) is 0 Å². The maximum absolute atomic E-state index is 9.62. The van der Waals surface area contributed by atoms with Crippen LogP contribution in [0.2, 0.25) is 0 Å². The zero-order chi connectivity index (χ0) is 12.5. The van der Waals surface area contributed by atoms with Gasteiger partial charge < -0.3 is 10.8 Å². The highest BCUT2D eigenvalue weighted by Gasteiger charge is 1.97. The molecule has 1 unspecified atom stereocenters. The van der Waals surface area contributed by atoms with E-state index in [9.17, 15) is 5.11 Å². The van der Waals surface area contributed by atoms with E-state index >= 15 is 0 Å². The molecule has 0 aliphatic carbocycles. The third-order valence-electron chi connectivity index (χ3n) is 2.72. The van der Waals surface area contributed by atoms with E-state index in [1.807, 2.05) is 12.2 Å². The van der Waals surface area contributed by atoms with Crippen molar-refractivity contribution in [1.82, 2.24) is 0 Å². The summed E-state index contributed by atoms with van der Waals surface area (Å²) in [5, 5.41) is 9.62. The summed E-state index contributed by atoms with van der Waals surface area (Å²) in [4.78, 5) is 0. The number of nitrogens with two attached hydrogens (primary N) is 1. The molecule has 0 aromatic heterocycles. The predicted octanol–water partition coefficient (Wildman–Crippen LogP) is 2.75. The lowest BCUT2D eigenvalue weighted by Gasteiger charge is -2.03. The summed E-state index contributed by atoms with van der Waals surface area (Å²) in [5.41, 5.74) is 7.95. The highest BCUT2D eigenvalue weighted by atomic mass is 16.3. The third kappa shape index (κ3) is 5.66. The number of aliphatic hydroxyl groups excluding tert-OH is 1. The van der Waals surface area contributed by atoms with Crippen molar-refractivity contribution < 1.29 is 5.11 Å². The summed E-state index contributed by atoms with van der Waals surface area (Å²) in [6.07, 6.45) is 7.40. The van der Waals surface area contributed by atoms with Crippen LogP contribution < -0.4 is 5.73 Å². The van der Waals surface area contributed by atoms with E-state index in [4.69, 9.17) is 5.73 Å². The molecule has 2 nitrogen and oxygen atoms in total. The van der Waals surface area contributed by atoms with E-state index < -0.39 is 0 Å². The van der Waals surface area contributed by atoms with Crippen LogP contribution in [0.5, 0.6) is 0 Å². The van der Waals surface area contributed by atoms with Crippen molar-refractivity contribution in [3.63, 3.8) is 0 Å². The SMILES string of the molecule is CCCC(O)C=Cc1cccc(CCCN)c1. The van der Waals surface area contributed by atoms with Crippen LogP contribution in [0.15, 0.2) is 30.3 Å². The van der Waals surface area contributed by atoms with Gasteiger partial charge in [0.05, 0.1) is 6.10 Å². The molecule has 3 N–H and O–H groups in total. The molecule has 0 saturated heterocycles. The number of aryl methyl sites for hydroxylation is 1. The summed E-state index contributed by atoms with van der Waals surface area (Å²) in [7, 11) is 0. The van der Waals surface area contributed by atoms with Crippen LogP contribution in [0.1, 0.15) is 37.3 Å². The quantitative estimate of drug-likeness (QED) is 0.760. The molecule has 94 valence electrons. The number of rotatable bonds is 7. The largest absolute Gasteiger partial charge is 0.389 e. The van der Waals surface area contributed by atoms with Crippen LogP contribution in [0, 0.1) is 0 Å². The number of hydrogen-bond acceptors (Lipinski definition) is 2. The molecule has 0 heterocycles. The van der Waals surface area contributed by atoms with Gasteiger partial charge in [0.15, 0.2) is 0 Å². The van der Waals surface area contributed by atoms with Crippen molar-refractivity contribution in [2.24, 2.45) is 5.73 Å². The minimum atomic E-state index is -0.326. The predicted molar refractivity (Wildman–Crippen MR) is 73.8 cm³/mol. The maximum Gasteiger partial charge on any atom is 0.0724 e. The Labute approximate surface area is 104 Å². The van der Waals surface area contributed by atoms with Gasteiger partial charge in [-0.2, -0.15) is 0 Å². The molecule has 2 heteroatoms. The van der Waals surface area contributed by atoms with E-state index in [0.29, 0.717) is 0 Å². The van der Waals surface area contributed by atoms with Crippen LogP contribution in [0.25, 0.3) is 6.08 Å². The Kier molecular flexibility index (Phi) is 6.60. The monoisotopic (exact) mass is 233 g/mol. The van der Waals surface area contributed by atoms with Crippen molar-refractivity contribution >= 4 is 6.08 Å². The highest BCUT2D eigenvalue weighted by Crippen LogP contribution is 2.10. The molecular formula is C15H23NO. The van der Waals surface area contributed by atoms with Crippen molar-refractivity contribution in [1.29, 1.82) is 0 Å². The van der Waals surface area contributed by atoms with Gasteiger partial charge in [0.1, 0.15) is 0 Å². The highest BCUT2D eigenvalue weighted by molar-refractivity contribution is 5.50. The van der Waals surface area contributed by atoms with Gasteiger partial charge in [-0.3, -0.25) is 0 Å². The molecule has 1 aromatic rings. The Balaban J connectivity index is 2.58. The molecule has 1 rings (SSSR count). The lowest BCUT2D eigenvalue weighted by Crippen LogP contribution is -2.01. The molecule has 17 heavy (non-hydrogen) atoms. The molecule has 0 spiro atoms. The molecule has 0 fully saturated rings. The fourth-order valence-corrected chi connectivity index (χ4v) is 1.77. The second-order valence-electron chi connectivity index (χ2n) is 4.35. The van der Waals surface area contributed by atoms with E-state index in [0.717, 1.165) is 37.8 Å². The topological polar surface area (TPSA) is 46.2 Å². The fraction of sp³-hybridized carbons (Fsp3) is 0.467. The molecule has 0 aliphatic rings. The number of aliphatic hydroxyl groups is 1. The first-order chi connectivity index (χ1) is 8.26. The van der Waals surface area contributed by atoms with E-state index in [1.165, 1.54) is 5.56 Å². The van der Waals surface area contributed by atoms with E-state index in [1.54, 1.807) is 0 Å². The van der Waals surface area contributed by atoms with Crippen molar-refractivity contribution in [3.8, 4) is 0 Å². The van der Waals surface area contributed by atoms with E-state index in [2.05, 4.69) is 31.2 Å². The first kappa shape index (κ1) is 13.9. The second-order valence-corrected chi connectivity index (χ2v) is 4.35. The molecule has 1 atom stereocenters. The summed E-state index contributed by atoms with van der Waals surface area (Å²) >= 11 is 0. The first-order valence-corrected chi connectivity index (χ1v) is 6.41. The third-order valence-corrected chi connectivity index (χ3v) is 2.72. The Morgan fingerprint density at radius 3 is 2.94 bits per heavy atom. The summed E-state index contributed by atoms with van der Waals surface area (Å²) in [5.74, 6) is 0. The number of benzene rings is 1. The zero-order valence-electron chi connectivity index (χ0n) is 10.6. The molecule has 0 saturated carbocycles. The first-order valence-electron chi connectivity index (χ1n) is 6.41. The summed E-state index contributed by atoms with van der Waals surface area (Å²) < 4.78 is 0. The summed E-state index contributed by atoms with van der Waals surface area (Å²) in [6.45, 7) is 2.81. The summed E-state index contributed by atoms with van der Waals surface area (Å²) in [6, 6.07) is 8.39. The maximum atomic E-state index is 9.62. The van der Waals surface area contributed by atoms with Gasteiger partial charge >= 0.3 is 0 Å². The normalized spacial score (nSPS) is 13.1. The van der Waals surface area contributed by atoms with Gasteiger partial charge in [-0.05, 0) is 36.9 Å². The minimum absolute atomic E-state index is 0.326. The van der Waals surface area contributed by atoms with Gasteiger partial charge in [-0.1, -0.05) is 49.8 Å². The van der Waals surface area contributed by atoms with Gasteiger partial charge in [-0.15, -0.1) is 0 Å². The average Bonchev–Trinajstić information content (AvgIpc) is 2.35. The zero-order valence-corrected chi connectivity index (χ0v) is 10.6. The minimum Gasteiger partial charge on any atom is -0.389 e. The molecular weight excluding hydrogens is 210 g/mol. The molecule has 1 aromatic carbocycles. The number of hydrogen-bond donors (Lipinski definition) is 2. The van der Waals surface area contributed by atoms with Crippen molar-refractivity contribution in [2.45, 2.75) is 38.7 Å². The van der Waals surface area contributed by atoms with Gasteiger partial charge in [0, 0.05) is 0 Å². The average molecular weight is 233 g/mol. The van der Waals surface area contributed by atoms with Crippen LogP contribution >= 0.6 is 0 Å². The molecule has 0 aliphatic heterocycles.